The first kappa shape index (κ1) is 8.96. The molecule has 0 aromatic heterocycles. The van der Waals surface area contributed by atoms with E-state index in [4.69, 9.17) is 5.26 Å². The second-order valence-corrected chi connectivity index (χ2v) is 2.23. The number of carbonyl (C=O) groups is 1. The number of hydrogen-bond donors (Lipinski definition) is 0. The van der Waals surface area contributed by atoms with Gasteiger partial charge in [-0.25, -0.2) is 0 Å². The smallest absolute Gasteiger partial charge is 0.309 e. The summed E-state index contributed by atoms with van der Waals surface area (Å²) in [6, 6.07) is 1.98. The molecule has 0 rings (SSSR count). The van der Waals surface area contributed by atoms with E-state index in [-0.39, 0.29) is 17.8 Å². The largest absolute Gasteiger partial charge is 0.469 e. The van der Waals surface area contributed by atoms with E-state index in [1.165, 1.54) is 7.11 Å². The molecule has 56 valence electrons. The Morgan fingerprint density at radius 3 is 2.40 bits per heavy atom. The van der Waals surface area contributed by atoms with Crippen LogP contribution in [0.25, 0.3) is 0 Å². The summed E-state index contributed by atoms with van der Waals surface area (Å²) in [5.74, 6) is -0.920. The molecule has 0 radical (unpaired) electrons. The van der Waals surface area contributed by atoms with Gasteiger partial charge < -0.3 is 4.74 Å². The molecule has 2 atom stereocenters. The fraction of sp³-hybridized carbons (Fsp3) is 0.714. The number of carbonyl (C=O) groups excluding carboxylic acids is 1. The first-order valence-electron chi connectivity index (χ1n) is 3.11. The van der Waals surface area contributed by atoms with E-state index in [0.29, 0.717) is 0 Å². The first-order chi connectivity index (χ1) is 4.63. The van der Waals surface area contributed by atoms with Gasteiger partial charge in [0.2, 0.25) is 0 Å². The summed E-state index contributed by atoms with van der Waals surface area (Å²) in [5, 5.41) is 8.39. The Morgan fingerprint density at radius 1 is 1.60 bits per heavy atom. The highest BCUT2D eigenvalue weighted by Gasteiger charge is 2.19. The molecule has 3 nitrogen and oxygen atoms in total. The van der Waals surface area contributed by atoms with Gasteiger partial charge in [0.25, 0.3) is 0 Å². The van der Waals surface area contributed by atoms with Gasteiger partial charge >= 0.3 is 5.97 Å². The lowest BCUT2D eigenvalue weighted by Gasteiger charge is -2.09. The minimum absolute atomic E-state index is 0.271. The maximum Gasteiger partial charge on any atom is 0.309 e. The normalized spacial score (nSPS) is 15.0. The zero-order valence-corrected chi connectivity index (χ0v) is 6.42. The van der Waals surface area contributed by atoms with E-state index in [9.17, 15) is 4.79 Å². The zero-order chi connectivity index (χ0) is 8.15. The molecule has 3 heteroatoms. The highest BCUT2D eigenvalue weighted by atomic mass is 16.5. The van der Waals surface area contributed by atoms with E-state index < -0.39 is 0 Å². The average molecular weight is 141 g/mol. The number of methoxy groups -OCH3 is 1. The van der Waals surface area contributed by atoms with Crippen molar-refractivity contribution in [1.82, 2.24) is 0 Å². The molecule has 0 aliphatic carbocycles. The second kappa shape index (κ2) is 3.89. The Labute approximate surface area is 60.6 Å². The molecule has 0 aliphatic rings. The molecular formula is C7H11NO2. The van der Waals surface area contributed by atoms with Gasteiger partial charge in [0, 0.05) is 0 Å². The summed E-state index contributed by atoms with van der Waals surface area (Å²) in [7, 11) is 1.32. The van der Waals surface area contributed by atoms with Gasteiger partial charge in [0.15, 0.2) is 0 Å². The van der Waals surface area contributed by atoms with Crippen LogP contribution >= 0.6 is 0 Å². The zero-order valence-electron chi connectivity index (χ0n) is 6.42. The second-order valence-electron chi connectivity index (χ2n) is 2.23. The molecule has 0 aromatic carbocycles. The van der Waals surface area contributed by atoms with Crippen LogP contribution in [0, 0.1) is 23.2 Å². The van der Waals surface area contributed by atoms with Gasteiger partial charge in [-0.15, -0.1) is 0 Å². The molecule has 0 saturated carbocycles. The Bertz CT molecular complexity index is 159. The van der Waals surface area contributed by atoms with Crippen molar-refractivity contribution >= 4 is 5.97 Å². The molecule has 2 unspecified atom stereocenters. The lowest BCUT2D eigenvalue weighted by Crippen LogP contribution is -2.18. The van der Waals surface area contributed by atoms with Crippen molar-refractivity contribution in [3.63, 3.8) is 0 Å². The summed E-state index contributed by atoms with van der Waals surface area (Å²) in [6.07, 6.45) is 0. The first-order valence-corrected chi connectivity index (χ1v) is 3.11. The molecule has 10 heavy (non-hydrogen) atoms. The van der Waals surface area contributed by atoms with Crippen LogP contribution in [-0.2, 0) is 9.53 Å². The molecule has 0 aliphatic heterocycles. The minimum Gasteiger partial charge on any atom is -0.469 e. The molecular weight excluding hydrogens is 130 g/mol. The summed E-state index contributed by atoms with van der Waals surface area (Å²) in [4.78, 5) is 10.7. The molecule has 0 saturated heterocycles. The van der Waals surface area contributed by atoms with Crippen LogP contribution in [0.1, 0.15) is 13.8 Å². The third kappa shape index (κ3) is 2.06. The van der Waals surface area contributed by atoms with E-state index in [2.05, 4.69) is 4.74 Å². The summed E-state index contributed by atoms with van der Waals surface area (Å²) in [6.45, 7) is 3.38. The van der Waals surface area contributed by atoms with Gasteiger partial charge in [-0.2, -0.15) is 5.26 Å². The van der Waals surface area contributed by atoms with Gasteiger partial charge in [-0.05, 0) is 6.92 Å². The standard InChI is InChI=1S/C7H11NO2/c1-5(4-8)6(2)7(9)10-3/h5-6H,1-3H3. The Balaban J connectivity index is 3.97. The molecule has 0 fully saturated rings. The van der Waals surface area contributed by atoms with Crippen LogP contribution in [0.4, 0.5) is 0 Å². The maximum atomic E-state index is 10.7. The molecule has 0 spiro atoms. The number of rotatable bonds is 2. The Morgan fingerprint density at radius 2 is 2.10 bits per heavy atom. The van der Waals surface area contributed by atoms with Crippen molar-refractivity contribution in [3.05, 3.63) is 0 Å². The average Bonchev–Trinajstić information content (AvgIpc) is 2.00. The number of nitrogens with zero attached hydrogens (tertiary/aromatic N) is 1. The predicted octanol–water partition coefficient (Wildman–Crippen LogP) is 0.955. The fourth-order valence-electron chi connectivity index (χ4n) is 0.502. The molecule has 0 aromatic rings. The Kier molecular flexibility index (Phi) is 3.48. The Hall–Kier alpha value is -1.04. The number of esters is 1. The van der Waals surface area contributed by atoms with Crippen LogP contribution < -0.4 is 0 Å². The van der Waals surface area contributed by atoms with E-state index >= 15 is 0 Å². The van der Waals surface area contributed by atoms with E-state index in [1.807, 2.05) is 6.07 Å². The van der Waals surface area contributed by atoms with Crippen molar-refractivity contribution in [2.24, 2.45) is 11.8 Å². The number of hydrogen-bond acceptors (Lipinski definition) is 3. The van der Waals surface area contributed by atoms with Crippen molar-refractivity contribution in [1.29, 1.82) is 5.26 Å². The molecule has 0 heterocycles. The van der Waals surface area contributed by atoms with Gasteiger partial charge in [0.1, 0.15) is 0 Å². The van der Waals surface area contributed by atoms with Crippen LogP contribution in [0.2, 0.25) is 0 Å². The highest BCUT2D eigenvalue weighted by molar-refractivity contribution is 5.72. The lowest BCUT2D eigenvalue weighted by molar-refractivity contribution is -0.145. The van der Waals surface area contributed by atoms with Gasteiger partial charge in [-0.3, -0.25) is 4.79 Å². The molecule has 0 bridgehead atoms. The summed E-state index contributed by atoms with van der Waals surface area (Å²) < 4.78 is 4.44. The predicted molar refractivity (Wildman–Crippen MR) is 36.0 cm³/mol. The van der Waals surface area contributed by atoms with Crippen LogP contribution in [0.5, 0.6) is 0 Å². The van der Waals surface area contributed by atoms with Gasteiger partial charge in [-0.1, -0.05) is 6.92 Å². The van der Waals surface area contributed by atoms with Crippen molar-refractivity contribution < 1.29 is 9.53 Å². The van der Waals surface area contributed by atoms with Crippen molar-refractivity contribution in [3.8, 4) is 6.07 Å². The third-order valence-corrected chi connectivity index (χ3v) is 1.53. The van der Waals surface area contributed by atoms with Crippen molar-refractivity contribution in [2.75, 3.05) is 7.11 Å². The van der Waals surface area contributed by atoms with Crippen LogP contribution in [0.3, 0.4) is 0 Å². The van der Waals surface area contributed by atoms with Crippen LogP contribution in [0.15, 0.2) is 0 Å². The fourth-order valence-corrected chi connectivity index (χ4v) is 0.502. The van der Waals surface area contributed by atoms with Gasteiger partial charge in [0.05, 0.1) is 25.0 Å². The lowest BCUT2D eigenvalue weighted by atomic mass is 9.98. The van der Waals surface area contributed by atoms with Crippen LogP contribution in [-0.4, -0.2) is 13.1 Å². The molecule has 0 amide bonds. The van der Waals surface area contributed by atoms with Crippen molar-refractivity contribution in [2.45, 2.75) is 13.8 Å². The van der Waals surface area contributed by atoms with E-state index in [0.717, 1.165) is 0 Å². The minimum atomic E-state index is -0.325. The number of nitriles is 1. The molecule has 0 N–H and O–H groups in total. The highest BCUT2D eigenvalue weighted by Crippen LogP contribution is 2.10. The maximum absolute atomic E-state index is 10.7. The van der Waals surface area contributed by atoms with E-state index in [1.54, 1.807) is 13.8 Å². The monoisotopic (exact) mass is 141 g/mol. The summed E-state index contributed by atoms with van der Waals surface area (Å²) in [5.41, 5.74) is 0. The quantitative estimate of drug-likeness (QED) is 0.538. The topological polar surface area (TPSA) is 50.1 Å². The third-order valence-electron chi connectivity index (χ3n) is 1.53. The SMILES string of the molecule is COC(=O)C(C)C(C)C#N. The summed E-state index contributed by atoms with van der Waals surface area (Å²) >= 11 is 0. The number of ether oxygens (including phenoxy) is 1.